The summed E-state index contributed by atoms with van der Waals surface area (Å²) in [7, 11) is -3.75. The lowest BCUT2D eigenvalue weighted by Crippen LogP contribution is -2.34. The van der Waals surface area contributed by atoms with Gasteiger partial charge in [-0.2, -0.15) is 0 Å². The van der Waals surface area contributed by atoms with Crippen molar-refractivity contribution in [3.8, 4) is 0 Å². The maximum absolute atomic E-state index is 13.0. The predicted molar refractivity (Wildman–Crippen MR) is 118 cm³/mol. The quantitative estimate of drug-likeness (QED) is 0.500. The highest BCUT2D eigenvalue weighted by Gasteiger charge is 2.23. The molecule has 0 aliphatic heterocycles. The van der Waals surface area contributed by atoms with E-state index in [9.17, 15) is 13.2 Å². The van der Waals surface area contributed by atoms with Crippen LogP contribution in [-0.2, 0) is 10.0 Å². The second-order valence-corrected chi connectivity index (χ2v) is 8.32. The van der Waals surface area contributed by atoms with Gasteiger partial charge in [0.15, 0.2) is 0 Å². The van der Waals surface area contributed by atoms with Crippen LogP contribution in [0.15, 0.2) is 77.8 Å². The summed E-state index contributed by atoms with van der Waals surface area (Å²) in [5.41, 5.74) is 7.37. The number of para-hydroxylation sites is 1. The molecule has 1 aromatic heterocycles. The molecule has 1 heterocycles. The standard InChI is InChI=1S/C21H23N5O3S/c1-3-26(18-10-5-4-6-11-18)30(28,29)19-12-13-20(22-15-19)24-25-21(27)23-17-9-7-8-16(2)14-17/h4-15H,3H2,1-2H3,(H,22,24)(H2,23,25,27). The smallest absolute Gasteiger partial charge is 0.307 e. The van der Waals surface area contributed by atoms with E-state index >= 15 is 0 Å². The largest absolute Gasteiger partial charge is 0.337 e. The molecule has 0 fully saturated rings. The van der Waals surface area contributed by atoms with Gasteiger partial charge in [-0.15, -0.1) is 0 Å². The number of amides is 2. The van der Waals surface area contributed by atoms with Gasteiger partial charge in [-0.05, 0) is 55.8 Å². The first-order chi connectivity index (χ1) is 14.4. The molecule has 0 aliphatic rings. The van der Waals surface area contributed by atoms with Crippen molar-refractivity contribution in [2.75, 3.05) is 21.6 Å². The summed E-state index contributed by atoms with van der Waals surface area (Å²) in [5, 5.41) is 2.69. The lowest BCUT2D eigenvalue weighted by molar-refractivity contribution is 0.254. The Balaban J connectivity index is 1.64. The first-order valence-electron chi connectivity index (χ1n) is 9.33. The number of hydrogen-bond donors (Lipinski definition) is 3. The molecule has 0 radical (unpaired) electrons. The summed E-state index contributed by atoms with van der Waals surface area (Å²) >= 11 is 0. The van der Waals surface area contributed by atoms with Crippen molar-refractivity contribution in [1.29, 1.82) is 0 Å². The van der Waals surface area contributed by atoms with Crippen LogP contribution < -0.4 is 20.5 Å². The molecule has 3 rings (SSSR count). The van der Waals surface area contributed by atoms with Gasteiger partial charge in [-0.25, -0.2) is 18.2 Å². The molecule has 156 valence electrons. The monoisotopic (exact) mass is 425 g/mol. The number of rotatable bonds is 7. The van der Waals surface area contributed by atoms with Crippen LogP contribution in [0.2, 0.25) is 0 Å². The lowest BCUT2D eigenvalue weighted by atomic mass is 10.2. The van der Waals surface area contributed by atoms with Crippen molar-refractivity contribution >= 4 is 33.2 Å². The highest BCUT2D eigenvalue weighted by molar-refractivity contribution is 7.92. The fourth-order valence-corrected chi connectivity index (χ4v) is 4.25. The van der Waals surface area contributed by atoms with E-state index in [1.54, 1.807) is 37.3 Å². The van der Waals surface area contributed by atoms with Crippen LogP contribution in [0.1, 0.15) is 12.5 Å². The zero-order chi connectivity index (χ0) is 21.6. The lowest BCUT2D eigenvalue weighted by Gasteiger charge is -2.22. The number of nitrogens with zero attached hydrogens (tertiary/aromatic N) is 2. The minimum Gasteiger partial charge on any atom is -0.307 e. The van der Waals surface area contributed by atoms with Crippen LogP contribution in [-0.4, -0.2) is 26.0 Å². The van der Waals surface area contributed by atoms with Crippen molar-refractivity contribution in [3.05, 3.63) is 78.5 Å². The number of carbonyl (C=O) groups is 1. The Hall–Kier alpha value is -3.59. The van der Waals surface area contributed by atoms with Crippen molar-refractivity contribution in [3.63, 3.8) is 0 Å². The molecule has 30 heavy (non-hydrogen) atoms. The predicted octanol–water partition coefficient (Wildman–Crippen LogP) is 3.75. The number of anilines is 3. The minimum absolute atomic E-state index is 0.0583. The fraction of sp³-hybridized carbons (Fsp3) is 0.143. The van der Waals surface area contributed by atoms with E-state index in [1.165, 1.54) is 22.6 Å². The van der Waals surface area contributed by atoms with E-state index in [2.05, 4.69) is 21.2 Å². The molecular weight excluding hydrogens is 402 g/mol. The summed E-state index contributed by atoms with van der Waals surface area (Å²) in [6, 6.07) is 18.7. The van der Waals surface area contributed by atoms with Crippen molar-refractivity contribution < 1.29 is 13.2 Å². The van der Waals surface area contributed by atoms with E-state index in [0.717, 1.165) is 5.56 Å². The van der Waals surface area contributed by atoms with Gasteiger partial charge in [-0.3, -0.25) is 15.2 Å². The molecule has 9 heteroatoms. The molecule has 0 aliphatic carbocycles. The molecule has 3 N–H and O–H groups in total. The molecular formula is C21H23N5O3S. The van der Waals surface area contributed by atoms with Crippen LogP contribution in [0.5, 0.6) is 0 Å². The normalized spacial score (nSPS) is 10.9. The third kappa shape index (κ3) is 5.06. The molecule has 3 aromatic rings. The summed E-state index contributed by atoms with van der Waals surface area (Å²) < 4.78 is 27.2. The second-order valence-electron chi connectivity index (χ2n) is 6.46. The maximum atomic E-state index is 13.0. The molecule has 0 spiro atoms. The van der Waals surface area contributed by atoms with Gasteiger partial charge in [0.2, 0.25) is 0 Å². The fourth-order valence-electron chi connectivity index (χ4n) is 2.83. The number of hydrazine groups is 1. The van der Waals surface area contributed by atoms with Gasteiger partial charge >= 0.3 is 6.03 Å². The van der Waals surface area contributed by atoms with E-state index in [1.807, 2.05) is 31.2 Å². The first-order valence-corrected chi connectivity index (χ1v) is 10.8. The number of nitrogens with one attached hydrogen (secondary N) is 3. The number of hydrogen-bond acceptors (Lipinski definition) is 5. The Morgan fingerprint density at radius 2 is 1.80 bits per heavy atom. The van der Waals surface area contributed by atoms with E-state index in [0.29, 0.717) is 17.2 Å². The Bertz CT molecular complexity index is 1100. The van der Waals surface area contributed by atoms with Crippen LogP contribution in [0, 0.1) is 6.92 Å². The molecule has 0 atom stereocenters. The molecule has 0 saturated carbocycles. The number of pyridine rings is 1. The van der Waals surface area contributed by atoms with Gasteiger partial charge in [0.05, 0.1) is 5.69 Å². The van der Waals surface area contributed by atoms with E-state index < -0.39 is 16.1 Å². The van der Waals surface area contributed by atoms with Crippen LogP contribution in [0.3, 0.4) is 0 Å². The van der Waals surface area contributed by atoms with Crippen molar-refractivity contribution in [2.24, 2.45) is 0 Å². The summed E-state index contributed by atoms with van der Waals surface area (Å²) in [4.78, 5) is 16.1. The van der Waals surface area contributed by atoms with Crippen molar-refractivity contribution in [1.82, 2.24) is 10.4 Å². The molecule has 8 nitrogen and oxygen atoms in total. The Kier molecular flexibility index (Phi) is 6.53. The Labute approximate surface area is 176 Å². The summed E-state index contributed by atoms with van der Waals surface area (Å²) in [6.07, 6.45) is 1.25. The number of benzene rings is 2. The van der Waals surface area contributed by atoms with Crippen molar-refractivity contribution in [2.45, 2.75) is 18.7 Å². The second kappa shape index (κ2) is 9.27. The van der Waals surface area contributed by atoms with Crippen LogP contribution >= 0.6 is 0 Å². The third-order valence-electron chi connectivity index (χ3n) is 4.24. The van der Waals surface area contributed by atoms with Crippen LogP contribution in [0.4, 0.5) is 22.0 Å². The van der Waals surface area contributed by atoms with Gasteiger partial charge in [-0.1, -0.05) is 30.3 Å². The average Bonchev–Trinajstić information content (AvgIpc) is 2.74. The number of aryl methyl sites for hydroxylation is 1. The van der Waals surface area contributed by atoms with E-state index in [-0.39, 0.29) is 11.4 Å². The first kappa shape index (κ1) is 21.1. The zero-order valence-electron chi connectivity index (χ0n) is 16.7. The third-order valence-corrected chi connectivity index (χ3v) is 6.12. The van der Waals surface area contributed by atoms with Crippen LogP contribution in [0.25, 0.3) is 0 Å². The number of carbonyl (C=O) groups excluding carboxylic acids is 1. The number of aromatic nitrogens is 1. The van der Waals surface area contributed by atoms with E-state index in [4.69, 9.17) is 0 Å². The minimum atomic E-state index is -3.75. The highest BCUT2D eigenvalue weighted by Crippen LogP contribution is 2.23. The van der Waals surface area contributed by atoms with Gasteiger partial charge in [0.25, 0.3) is 10.0 Å². The Morgan fingerprint density at radius 1 is 1.03 bits per heavy atom. The van der Waals surface area contributed by atoms with Gasteiger partial charge in [0, 0.05) is 18.4 Å². The highest BCUT2D eigenvalue weighted by atomic mass is 32.2. The average molecular weight is 426 g/mol. The number of sulfonamides is 1. The SMILES string of the molecule is CCN(c1ccccc1)S(=O)(=O)c1ccc(NNC(=O)Nc2cccc(C)c2)nc1. The molecule has 2 aromatic carbocycles. The van der Waals surface area contributed by atoms with Gasteiger partial charge in [0.1, 0.15) is 10.7 Å². The number of urea groups is 1. The molecule has 0 saturated heterocycles. The summed E-state index contributed by atoms with van der Waals surface area (Å²) in [6.45, 7) is 3.98. The zero-order valence-corrected chi connectivity index (χ0v) is 17.5. The molecule has 0 bridgehead atoms. The summed E-state index contributed by atoms with van der Waals surface area (Å²) in [5.74, 6) is 0.302. The molecule has 0 unspecified atom stereocenters. The molecule has 2 amide bonds. The maximum Gasteiger partial charge on any atom is 0.337 e. The topological polar surface area (TPSA) is 103 Å². The Morgan fingerprint density at radius 3 is 2.43 bits per heavy atom. The van der Waals surface area contributed by atoms with Gasteiger partial charge < -0.3 is 5.32 Å².